The Bertz CT molecular complexity index is 758. The maximum Gasteiger partial charge on any atom is 0.213 e. The molecule has 0 saturated heterocycles. The summed E-state index contributed by atoms with van der Waals surface area (Å²) in [6.45, 7) is 7.39. The number of benzene rings is 1. The summed E-state index contributed by atoms with van der Waals surface area (Å²) in [5.41, 5.74) is 0.653. The van der Waals surface area contributed by atoms with Gasteiger partial charge in [0, 0.05) is 23.5 Å². The first-order valence-corrected chi connectivity index (χ1v) is 9.42. The normalized spacial score (nSPS) is 11.9. The predicted molar refractivity (Wildman–Crippen MR) is 121 cm³/mol. The van der Waals surface area contributed by atoms with Gasteiger partial charge in [-0.05, 0) is 30.5 Å². The maximum atomic E-state index is 13.8. The van der Waals surface area contributed by atoms with Gasteiger partial charge in [-0.3, -0.25) is 4.99 Å². The van der Waals surface area contributed by atoms with E-state index in [1.807, 2.05) is 12.1 Å². The van der Waals surface area contributed by atoms with Gasteiger partial charge >= 0.3 is 0 Å². The first-order chi connectivity index (χ1) is 12.3. The van der Waals surface area contributed by atoms with Crippen molar-refractivity contribution in [1.29, 1.82) is 0 Å². The summed E-state index contributed by atoms with van der Waals surface area (Å²) in [5.74, 6) is 1.96. The summed E-state index contributed by atoms with van der Waals surface area (Å²) < 4.78 is 20.3. The molecule has 1 heterocycles. The van der Waals surface area contributed by atoms with Crippen molar-refractivity contribution in [3.8, 4) is 0 Å². The lowest BCUT2D eigenvalue weighted by Gasteiger charge is -2.13. The van der Waals surface area contributed by atoms with Gasteiger partial charge < -0.3 is 15.1 Å². The topological polar surface area (TPSA) is 62.5 Å². The Balaban J connectivity index is 0.00000364. The maximum absolute atomic E-state index is 13.8. The number of aliphatic imine (C=N–C) groups is 1. The Labute approximate surface area is 185 Å². The number of rotatable bonds is 6. The molecule has 0 aliphatic heterocycles. The molecule has 2 aromatic rings. The minimum absolute atomic E-state index is 0. The zero-order chi connectivity index (χ0) is 19.2. The predicted octanol–water partition coefficient (Wildman–Crippen LogP) is 4.79. The zero-order valence-corrected chi connectivity index (χ0v) is 20.0. The fraction of sp³-hybridized carbons (Fsp3) is 0.474. The molecule has 5 nitrogen and oxygen atoms in total. The zero-order valence-electron chi connectivity index (χ0n) is 16.1. The largest absolute Gasteiger partial charge is 0.443 e. The van der Waals surface area contributed by atoms with Crippen LogP contribution >= 0.6 is 39.9 Å². The van der Waals surface area contributed by atoms with E-state index in [0.29, 0.717) is 36.9 Å². The number of aromatic nitrogens is 1. The van der Waals surface area contributed by atoms with E-state index in [1.54, 1.807) is 13.2 Å². The highest BCUT2D eigenvalue weighted by molar-refractivity contribution is 14.0. The van der Waals surface area contributed by atoms with E-state index >= 15 is 0 Å². The Morgan fingerprint density at radius 2 is 2.04 bits per heavy atom. The molecule has 2 N–H and O–H groups in total. The molecular formula is C19H27BrFIN4O. The number of halogens is 3. The van der Waals surface area contributed by atoms with Crippen molar-refractivity contribution >= 4 is 45.9 Å². The van der Waals surface area contributed by atoms with Crippen molar-refractivity contribution in [3.63, 3.8) is 0 Å². The summed E-state index contributed by atoms with van der Waals surface area (Å²) in [6, 6.07) is 5.15. The molecule has 0 bridgehead atoms. The molecule has 0 atom stereocenters. The van der Waals surface area contributed by atoms with Crippen LogP contribution in [0.1, 0.15) is 44.4 Å². The number of oxazole rings is 1. The second kappa shape index (κ2) is 11.0. The Morgan fingerprint density at radius 1 is 1.30 bits per heavy atom. The quantitative estimate of drug-likeness (QED) is 0.234. The van der Waals surface area contributed by atoms with Gasteiger partial charge in [0.2, 0.25) is 5.89 Å². The Hall–Kier alpha value is -1.16. The number of hydrogen-bond donors (Lipinski definition) is 2. The monoisotopic (exact) mass is 552 g/mol. The van der Waals surface area contributed by atoms with E-state index in [-0.39, 0.29) is 35.2 Å². The van der Waals surface area contributed by atoms with Gasteiger partial charge in [0.05, 0.1) is 12.7 Å². The molecule has 27 heavy (non-hydrogen) atoms. The highest BCUT2D eigenvalue weighted by Gasteiger charge is 2.19. The van der Waals surface area contributed by atoms with Crippen LogP contribution < -0.4 is 10.6 Å². The molecule has 0 unspecified atom stereocenters. The molecule has 0 amide bonds. The van der Waals surface area contributed by atoms with Gasteiger partial charge in [0.1, 0.15) is 11.6 Å². The minimum atomic E-state index is -0.180. The standard InChI is InChI=1S/C19H26BrFN4O.HI/c1-19(2,3)16-11-24-17(26-16)12-25-18(22-4)23-9-5-6-13-7-8-14(20)10-15(13)21;/h7-8,10-11H,5-6,9,12H2,1-4H3,(H2,22,23,25);1H. The van der Waals surface area contributed by atoms with Crippen LogP contribution in [0.2, 0.25) is 0 Å². The van der Waals surface area contributed by atoms with Crippen LogP contribution in [0.4, 0.5) is 4.39 Å². The summed E-state index contributed by atoms with van der Waals surface area (Å²) in [4.78, 5) is 8.46. The molecule has 0 saturated carbocycles. The summed E-state index contributed by atoms with van der Waals surface area (Å²) in [6.07, 6.45) is 3.23. The van der Waals surface area contributed by atoms with E-state index in [1.165, 1.54) is 6.07 Å². The Kier molecular flexibility index (Phi) is 9.72. The molecule has 1 aromatic carbocycles. The second-order valence-corrected chi connectivity index (χ2v) is 7.98. The summed E-state index contributed by atoms with van der Waals surface area (Å²) in [7, 11) is 1.71. The third-order valence-electron chi connectivity index (χ3n) is 3.85. The van der Waals surface area contributed by atoms with E-state index in [9.17, 15) is 4.39 Å². The number of nitrogens with one attached hydrogen (secondary N) is 2. The molecule has 0 aliphatic carbocycles. The second-order valence-electron chi connectivity index (χ2n) is 7.06. The molecule has 8 heteroatoms. The average Bonchev–Trinajstić information content (AvgIpc) is 3.05. The number of aryl methyl sites for hydroxylation is 1. The van der Waals surface area contributed by atoms with E-state index < -0.39 is 0 Å². The van der Waals surface area contributed by atoms with Crippen LogP contribution in [-0.4, -0.2) is 24.5 Å². The molecule has 2 rings (SSSR count). The molecule has 150 valence electrons. The van der Waals surface area contributed by atoms with Gasteiger partial charge in [-0.1, -0.05) is 42.8 Å². The van der Waals surface area contributed by atoms with Crippen molar-refractivity contribution < 1.29 is 8.81 Å². The molecule has 0 aliphatic rings. The van der Waals surface area contributed by atoms with E-state index in [4.69, 9.17) is 4.42 Å². The number of hydrogen-bond acceptors (Lipinski definition) is 3. The lowest BCUT2D eigenvalue weighted by atomic mass is 9.94. The van der Waals surface area contributed by atoms with Crippen molar-refractivity contribution in [2.45, 2.75) is 45.6 Å². The lowest BCUT2D eigenvalue weighted by Crippen LogP contribution is -2.37. The summed E-state index contributed by atoms with van der Waals surface area (Å²) >= 11 is 3.27. The van der Waals surface area contributed by atoms with Gasteiger partial charge in [0.25, 0.3) is 0 Å². The average molecular weight is 553 g/mol. The first-order valence-electron chi connectivity index (χ1n) is 8.63. The van der Waals surface area contributed by atoms with Crippen LogP contribution in [0.15, 0.2) is 38.3 Å². The van der Waals surface area contributed by atoms with Gasteiger partial charge in [-0.2, -0.15) is 0 Å². The number of guanidine groups is 1. The van der Waals surface area contributed by atoms with Crippen LogP contribution in [0.5, 0.6) is 0 Å². The molecule has 1 aromatic heterocycles. The molecule has 0 radical (unpaired) electrons. The SMILES string of the molecule is CN=C(NCCCc1ccc(Br)cc1F)NCc1ncc(C(C)(C)C)o1.I. The molecule has 0 spiro atoms. The van der Waals surface area contributed by atoms with Crippen LogP contribution in [0, 0.1) is 5.82 Å². The third-order valence-corrected chi connectivity index (χ3v) is 4.35. The molecular weight excluding hydrogens is 526 g/mol. The van der Waals surface area contributed by atoms with Gasteiger partial charge in [-0.25, -0.2) is 9.37 Å². The van der Waals surface area contributed by atoms with Crippen LogP contribution in [-0.2, 0) is 18.4 Å². The Morgan fingerprint density at radius 3 is 2.63 bits per heavy atom. The van der Waals surface area contributed by atoms with E-state index in [2.05, 4.69) is 57.3 Å². The van der Waals surface area contributed by atoms with Crippen molar-refractivity contribution in [2.24, 2.45) is 4.99 Å². The summed E-state index contributed by atoms with van der Waals surface area (Å²) in [5, 5.41) is 6.39. The van der Waals surface area contributed by atoms with Crippen LogP contribution in [0.25, 0.3) is 0 Å². The third kappa shape index (κ3) is 7.77. The van der Waals surface area contributed by atoms with Gasteiger partial charge in [0.15, 0.2) is 5.96 Å². The number of nitrogens with zero attached hydrogens (tertiary/aromatic N) is 2. The lowest BCUT2D eigenvalue weighted by molar-refractivity contribution is 0.379. The van der Waals surface area contributed by atoms with Crippen molar-refractivity contribution in [3.05, 3.63) is 51.9 Å². The fourth-order valence-corrected chi connectivity index (χ4v) is 2.66. The van der Waals surface area contributed by atoms with Gasteiger partial charge in [-0.15, -0.1) is 24.0 Å². The van der Waals surface area contributed by atoms with Crippen molar-refractivity contribution in [2.75, 3.05) is 13.6 Å². The van der Waals surface area contributed by atoms with Crippen LogP contribution in [0.3, 0.4) is 0 Å². The highest BCUT2D eigenvalue weighted by atomic mass is 127. The highest BCUT2D eigenvalue weighted by Crippen LogP contribution is 2.22. The van der Waals surface area contributed by atoms with Crippen molar-refractivity contribution in [1.82, 2.24) is 15.6 Å². The fourth-order valence-electron chi connectivity index (χ4n) is 2.33. The smallest absolute Gasteiger partial charge is 0.213 e. The first kappa shape index (κ1) is 23.9. The minimum Gasteiger partial charge on any atom is -0.443 e. The van der Waals surface area contributed by atoms with E-state index in [0.717, 1.165) is 16.7 Å². The molecule has 0 fully saturated rings.